The molecule has 0 aliphatic rings. The zero-order valence-electron chi connectivity index (χ0n) is 20.1. The number of halogens is 3. The summed E-state index contributed by atoms with van der Waals surface area (Å²) >= 11 is 16.6. The van der Waals surface area contributed by atoms with Crippen molar-refractivity contribution in [2.75, 3.05) is 0 Å². The predicted molar refractivity (Wildman–Crippen MR) is 176 cm³/mol. The zero-order chi connectivity index (χ0) is 26.2. The highest BCUT2D eigenvalue weighted by molar-refractivity contribution is 9.11. The molecular formula is C34H21Br3S. The number of hydrogen-bond donors (Lipinski definition) is 1. The Morgan fingerprint density at radius 2 is 0.789 bits per heavy atom. The third-order valence-corrected chi connectivity index (χ3v) is 9.12. The van der Waals surface area contributed by atoms with Crippen molar-refractivity contribution in [3.05, 3.63) is 135 Å². The second-order valence-electron chi connectivity index (χ2n) is 9.14. The molecule has 0 saturated carbocycles. The fraction of sp³-hybridized carbons (Fsp3) is 0. The van der Waals surface area contributed by atoms with Gasteiger partial charge in [0.2, 0.25) is 0 Å². The summed E-state index contributed by atoms with van der Waals surface area (Å²) in [4.78, 5) is 0.927. The molecule has 38 heavy (non-hydrogen) atoms. The van der Waals surface area contributed by atoms with Gasteiger partial charge in [0.05, 0.1) is 0 Å². The minimum atomic E-state index is 0.927. The monoisotopic (exact) mass is 698 g/mol. The van der Waals surface area contributed by atoms with Crippen molar-refractivity contribution in [3.8, 4) is 44.5 Å². The van der Waals surface area contributed by atoms with Gasteiger partial charge in [0.25, 0.3) is 0 Å². The van der Waals surface area contributed by atoms with Gasteiger partial charge in [-0.05, 0) is 91.7 Å². The normalized spacial score (nSPS) is 11.2. The zero-order valence-corrected chi connectivity index (χ0v) is 25.8. The van der Waals surface area contributed by atoms with Gasteiger partial charge in [-0.15, -0.1) is 12.6 Å². The van der Waals surface area contributed by atoms with Crippen LogP contribution in [-0.2, 0) is 0 Å². The van der Waals surface area contributed by atoms with Crippen molar-refractivity contribution in [2.45, 2.75) is 4.90 Å². The summed E-state index contributed by atoms with van der Waals surface area (Å²) in [5, 5.41) is 2.42. The van der Waals surface area contributed by atoms with Gasteiger partial charge >= 0.3 is 0 Å². The molecule has 6 aromatic rings. The smallest absolute Gasteiger partial charge is 0.0261 e. The molecule has 0 atom stereocenters. The van der Waals surface area contributed by atoms with Crippen LogP contribution in [0.2, 0.25) is 0 Å². The van der Waals surface area contributed by atoms with Crippen molar-refractivity contribution in [2.24, 2.45) is 0 Å². The molecule has 0 aliphatic heterocycles. The topological polar surface area (TPSA) is 0 Å². The largest absolute Gasteiger partial charge is 0.143 e. The molecule has 6 rings (SSSR count). The molecule has 6 aromatic carbocycles. The van der Waals surface area contributed by atoms with E-state index in [2.05, 4.69) is 163 Å². The average Bonchev–Trinajstić information content (AvgIpc) is 2.95. The molecule has 0 saturated heterocycles. The molecule has 0 fully saturated rings. The standard InChI is InChI=1S/C34H21Br3S/c35-31-16-24-14-8-7-13-23(24)15-27(31)28-18-33(37)29(19-32(28)36)30-17-25(21-9-3-1-4-10-21)26(20-34(30)38)22-11-5-2-6-12-22/h1-20,38H. The summed E-state index contributed by atoms with van der Waals surface area (Å²) in [5.74, 6) is 0. The molecule has 0 nitrogen and oxygen atoms in total. The Labute approximate surface area is 253 Å². The fourth-order valence-corrected chi connectivity index (χ4v) is 6.90. The van der Waals surface area contributed by atoms with Crippen molar-refractivity contribution in [1.29, 1.82) is 0 Å². The minimum Gasteiger partial charge on any atom is -0.143 e. The Hall–Kier alpha value is -2.63. The van der Waals surface area contributed by atoms with Crippen molar-refractivity contribution in [1.82, 2.24) is 0 Å². The first kappa shape index (κ1) is 25.6. The third kappa shape index (κ3) is 4.91. The number of fused-ring (bicyclic) bond motifs is 1. The highest BCUT2D eigenvalue weighted by Gasteiger charge is 2.18. The van der Waals surface area contributed by atoms with E-state index in [4.69, 9.17) is 12.6 Å². The van der Waals surface area contributed by atoms with Crippen molar-refractivity contribution in [3.63, 3.8) is 0 Å². The lowest BCUT2D eigenvalue weighted by atomic mass is 9.90. The van der Waals surface area contributed by atoms with Gasteiger partial charge in [-0.1, -0.05) is 133 Å². The first-order chi connectivity index (χ1) is 18.5. The first-order valence-corrected chi connectivity index (χ1v) is 15.0. The molecule has 0 aromatic heterocycles. The van der Waals surface area contributed by atoms with Crippen LogP contribution in [0.1, 0.15) is 0 Å². The Bertz CT molecular complexity index is 1800. The second-order valence-corrected chi connectivity index (χ2v) is 12.2. The van der Waals surface area contributed by atoms with Gasteiger partial charge < -0.3 is 0 Å². The van der Waals surface area contributed by atoms with Gasteiger partial charge in [0, 0.05) is 18.3 Å². The molecule has 184 valence electrons. The van der Waals surface area contributed by atoms with Gasteiger partial charge in [-0.2, -0.15) is 0 Å². The lowest BCUT2D eigenvalue weighted by Crippen LogP contribution is -1.92. The minimum absolute atomic E-state index is 0.927. The molecule has 0 amide bonds. The summed E-state index contributed by atoms with van der Waals surface area (Å²) in [5.41, 5.74) is 9.09. The summed E-state index contributed by atoms with van der Waals surface area (Å²) in [6.07, 6.45) is 0. The van der Waals surface area contributed by atoms with E-state index in [9.17, 15) is 0 Å². The highest BCUT2D eigenvalue weighted by Crippen LogP contribution is 2.45. The number of benzene rings is 6. The van der Waals surface area contributed by atoms with Crippen LogP contribution in [0.4, 0.5) is 0 Å². The molecule has 0 N–H and O–H groups in total. The van der Waals surface area contributed by atoms with Crippen LogP contribution in [0.15, 0.2) is 140 Å². The average molecular weight is 701 g/mol. The van der Waals surface area contributed by atoms with E-state index in [1.165, 1.54) is 27.5 Å². The van der Waals surface area contributed by atoms with E-state index < -0.39 is 0 Å². The Kier molecular flexibility index (Phi) is 7.33. The first-order valence-electron chi connectivity index (χ1n) is 12.2. The van der Waals surface area contributed by atoms with E-state index in [0.717, 1.165) is 46.1 Å². The molecule has 0 unspecified atom stereocenters. The van der Waals surface area contributed by atoms with Gasteiger partial charge in [0.15, 0.2) is 0 Å². The SMILES string of the molecule is Sc1cc(-c2ccccc2)c(-c2ccccc2)cc1-c1cc(Br)c(-c2cc3ccccc3cc2Br)cc1Br. The van der Waals surface area contributed by atoms with Crippen LogP contribution in [0.25, 0.3) is 55.3 Å². The predicted octanol–water partition coefficient (Wildman–Crippen LogP) is 12.1. The summed E-state index contributed by atoms with van der Waals surface area (Å²) in [6, 6.07) is 42.7. The van der Waals surface area contributed by atoms with Crippen LogP contribution in [0.5, 0.6) is 0 Å². The van der Waals surface area contributed by atoms with E-state index >= 15 is 0 Å². The molecule has 0 radical (unpaired) electrons. The van der Waals surface area contributed by atoms with Gasteiger partial charge in [0.1, 0.15) is 0 Å². The van der Waals surface area contributed by atoms with E-state index in [0.29, 0.717) is 0 Å². The van der Waals surface area contributed by atoms with E-state index in [1.54, 1.807) is 0 Å². The number of thiol groups is 1. The third-order valence-electron chi connectivity index (χ3n) is 6.78. The molecule has 0 aliphatic carbocycles. The maximum Gasteiger partial charge on any atom is 0.0261 e. The van der Waals surface area contributed by atoms with Crippen molar-refractivity contribution >= 4 is 71.2 Å². The van der Waals surface area contributed by atoms with Crippen LogP contribution in [0, 0.1) is 0 Å². The Morgan fingerprint density at radius 3 is 1.37 bits per heavy atom. The summed E-state index contributed by atoms with van der Waals surface area (Å²) < 4.78 is 3.09. The maximum atomic E-state index is 4.98. The number of rotatable bonds is 4. The lowest BCUT2D eigenvalue weighted by molar-refractivity contribution is 1.42. The van der Waals surface area contributed by atoms with Gasteiger partial charge in [-0.3, -0.25) is 0 Å². The van der Waals surface area contributed by atoms with Crippen LogP contribution < -0.4 is 0 Å². The molecule has 0 bridgehead atoms. The van der Waals surface area contributed by atoms with Crippen LogP contribution in [0.3, 0.4) is 0 Å². The fourth-order valence-electron chi connectivity index (χ4n) is 4.90. The second kappa shape index (κ2) is 10.9. The molecule has 0 heterocycles. The van der Waals surface area contributed by atoms with Crippen LogP contribution in [-0.4, -0.2) is 0 Å². The maximum absolute atomic E-state index is 4.98. The molecule has 0 spiro atoms. The highest BCUT2D eigenvalue weighted by atomic mass is 79.9. The van der Waals surface area contributed by atoms with Crippen molar-refractivity contribution < 1.29 is 0 Å². The molecule has 4 heteroatoms. The lowest BCUT2D eigenvalue weighted by Gasteiger charge is -2.18. The Morgan fingerprint density at radius 1 is 0.368 bits per heavy atom. The van der Waals surface area contributed by atoms with E-state index in [1.807, 2.05) is 6.07 Å². The quantitative estimate of drug-likeness (QED) is 0.174. The number of hydrogen-bond acceptors (Lipinski definition) is 1. The molecular weight excluding hydrogens is 680 g/mol. The Balaban J connectivity index is 1.52. The summed E-state index contributed by atoms with van der Waals surface area (Å²) in [7, 11) is 0. The van der Waals surface area contributed by atoms with Crippen LogP contribution >= 0.6 is 60.4 Å². The summed E-state index contributed by atoms with van der Waals surface area (Å²) in [6.45, 7) is 0. The van der Waals surface area contributed by atoms with E-state index in [-0.39, 0.29) is 0 Å². The van der Waals surface area contributed by atoms with Gasteiger partial charge in [-0.25, -0.2) is 0 Å².